The summed E-state index contributed by atoms with van der Waals surface area (Å²) < 4.78 is 0. The summed E-state index contributed by atoms with van der Waals surface area (Å²) >= 11 is 0. The van der Waals surface area contributed by atoms with Crippen molar-refractivity contribution < 1.29 is 9.72 Å². The summed E-state index contributed by atoms with van der Waals surface area (Å²) in [5, 5.41) is 10.9. The number of amides is 1. The van der Waals surface area contributed by atoms with Crippen LogP contribution in [0.3, 0.4) is 0 Å². The molecule has 0 bridgehead atoms. The molecule has 1 atom stereocenters. The van der Waals surface area contributed by atoms with E-state index in [0.717, 1.165) is 5.69 Å². The summed E-state index contributed by atoms with van der Waals surface area (Å²) in [5.74, 6) is 0.387. The number of carbonyl (C=O) groups excluding carboxylic acids is 1. The molecule has 0 unspecified atom stereocenters. The molecule has 0 saturated carbocycles. The number of nitro benzene ring substituents is 1. The minimum atomic E-state index is -0.445. The molecule has 1 aromatic rings. The van der Waals surface area contributed by atoms with Gasteiger partial charge in [-0.05, 0) is 18.4 Å². The van der Waals surface area contributed by atoms with Gasteiger partial charge >= 0.3 is 0 Å². The normalized spacial score (nSPS) is 16.5. The molecule has 1 heterocycles. The van der Waals surface area contributed by atoms with Crippen LogP contribution in [0.5, 0.6) is 0 Å². The van der Waals surface area contributed by atoms with E-state index in [9.17, 15) is 14.9 Å². The maximum Gasteiger partial charge on any atom is 0.271 e. The lowest BCUT2D eigenvalue weighted by molar-refractivity contribution is -0.384. The van der Waals surface area contributed by atoms with E-state index in [2.05, 4.69) is 4.90 Å². The third-order valence-corrected chi connectivity index (χ3v) is 4.04. The van der Waals surface area contributed by atoms with Crippen molar-refractivity contribution in [2.24, 2.45) is 11.7 Å². The molecule has 7 heteroatoms. The van der Waals surface area contributed by atoms with E-state index in [1.807, 2.05) is 19.9 Å². The Morgan fingerprint density at radius 3 is 2.52 bits per heavy atom. The highest BCUT2D eigenvalue weighted by Crippen LogP contribution is 2.22. The van der Waals surface area contributed by atoms with E-state index in [-0.39, 0.29) is 11.6 Å². The first-order valence-corrected chi connectivity index (χ1v) is 7.92. The van der Waals surface area contributed by atoms with Crippen molar-refractivity contribution in [3.63, 3.8) is 0 Å². The van der Waals surface area contributed by atoms with Gasteiger partial charge in [-0.2, -0.15) is 0 Å². The standard InChI is InChI=1S/C16H24N4O3/c1-12(2)10-15(17)16(21)19-8-6-18(7-9-19)13-4-3-5-14(11-13)20(22)23/h3-5,11-12,15H,6-10,17H2,1-2H3/t15-/m0/s1. The van der Waals surface area contributed by atoms with Crippen LogP contribution in [-0.4, -0.2) is 48.0 Å². The monoisotopic (exact) mass is 320 g/mol. The van der Waals surface area contributed by atoms with Gasteiger partial charge < -0.3 is 15.5 Å². The maximum absolute atomic E-state index is 12.3. The molecule has 0 aromatic heterocycles. The molecule has 2 N–H and O–H groups in total. The molecule has 0 spiro atoms. The minimum Gasteiger partial charge on any atom is -0.368 e. The van der Waals surface area contributed by atoms with Crippen molar-refractivity contribution in [3.8, 4) is 0 Å². The Hall–Kier alpha value is -2.15. The molecule has 0 radical (unpaired) electrons. The number of hydrogen-bond donors (Lipinski definition) is 1. The fraction of sp³-hybridized carbons (Fsp3) is 0.562. The molecule has 1 amide bonds. The van der Waals surface area contributed by atoms with Crippen LogP contribution in [0.25, 0.3) is 0 Å². The molecule has 7 nitrogen and oxygen atoms in total. The van der Waals surface area contributed by atoms with Crippen molar-refractivity contribution >= 4 is 17.3 Å². The summed E-state index contributed by atoms with van der Waals surface area (Å²) in [5.41, 5.74) is 6.87. The van der Waals surface area contributed by atoms with E-state index in [4.69, 9.17) is 5.73 Å². The molecule has 1 saturated heterocycles. The molecule has 2 rings (SSSR count). The number of rotatable bonds is 5. The second-order valence-corrected chi connectivity index (χ2v) is 6.33. The van der Waals surface area contributed by atoms with Gasteiger partial charge in [-0.1, -0.05) is 19.9 Å². The number of non-ortho nitro benzene ring substituents is 1. The first-order chi connectivity index (χ1) is 10.9. The van der Waals surface area contributed by atoms with Gasteiger partial charge in [0.15, 0.2) is 0 Å². The Labute approximate surface area is 136 Å². The summed E-state index contributed by atoms with van der Waals surface area (Å²) in [4.78, 5) is 26.6. The van der Waals surface area contributed by atoms with Crippen LogP contribution >= 0.6 is 0 Å². The predicted molar refractivity (Wildman–Crippen MR) is 89.3 cm³/mol. The zero-order chi connectivity index (χ0) is 17.0. The van der Waals surface area contributed by atoms with E-state index in [0.29, 0.717) is 38.5 Å². The fourth-order valence-electron chi connectivity index (χ4n) is 2.83. The second kappa shape index (κ2) is 7.41. The van der Waals surface area contributed by atoms with Crippen molar-refractivity contribution in [3.05, 3.63) is 34.4 Å². The Kier molecular flexibility index (Phi) is 5.54. The Balaban J connectivity index is 1.94. The topological polar surface area (TPSA) is 92.7 Å². The zero-order valence-corrected chi connectivity index (χ0v) is 13.6. The first kappa shape index (κ1) is 17.2. The van der Waals surface area contributed by atoms with E-state index in [1.54, 1.807) is 17.0 Å². The highest BCUT2D eigenvalue weighted by molar-refractivity contribution is 5.82. The number of nitrogens with two attached hydrogens (primary N) is 1. The summed E-state index contributed by atoms with van der Waals surface area (Å²) in [6.07, 6.45) is 0.684. The van der Waals surface area contributed by atoms with Crippen LogP contribution < -0.4 is 10.6 Å². The number of piperazine rings is 1. The van der Waals surface area contributed by atoms with Crippen molar-refractivity contribution in [1.82, 2.24) is 4.90 Å². The Morgan fingerprint density at radius 2 is 1.96 bits per heavy atom. The largest absolute Gasteiger partial charge is 0.368 e. The number of anilines is 1. The SMILES string of the molecule is CC(C)C[C@H](N)C(=O)N1CCN(c2cccc([N+](=O)[O-])c2)CC1. The lowest BCUT2D eigenvalue weighted by atomic mass is 10.0. The van der Waals surface area contributed by atoms with Gasteiger partial charge in [-0.15, -0.1) is 0 Å². The molecule has 1 aromatic carbocycles. The lowest BCUT2D eigenvalue weighted by Crippen LogP contribution is -2.53. The smallest absolute Gasteiger partial charge is 0.271 e. The van der Waals surface area contributed by atoms with Crippen LogP contribution in [0.2, 0.25) is 0 Å². The van der Waals surface area contributed by atoms with Crippen molar-refractivity contribution in [2.45, 2.75) is 26.3 Å². The van der Waals surface area contributed by atoms with E-state index >= 15 is 0 Å². The highest BCUT2D eigenvalue weighted by Gasteiger charge is 2.26. The van der Waals surface area contributed by atoms with Crippen LogP contribution in [0, 0.1) is 16.0 Å². The third kappa shape index (κ3) is 4.41. The van der Waals surface area contributed by atoms with Gasteiger partial charge in [0.2, 0.25) is 5.91 Å². The van der Waals surface area contributed by atoms with Crippen molar-refractivity contribution in [1.29, 1.82) is 0 Å². The number of nitrogens with zero attached hydrogens (tertiary/aromatic N) is 3. The first-order valence-electron chi connectivity index (χ1n) is 7.92. The van der Waals surface area contributed by atoms with Crippen LogP contribution in [0.4, 0.5) is 11.4 Å². The number of carbonyl (C=O) groups is 1. The summed E-state index contributed by atoms with van der Waals surface area (Å²) in [6.45, 7) is 6.59. The summed E-state index contributed by atoms with van der Waals surface area (Å²) in [7, 11) is 0. The fourth-order valence-corrected chi connectivity index (χ4v) is 2.83. The number of hydrogen-bond acceptors (Lipinski definition) is 5. The van der Waals surface area contributed by atoms with E-state index in [1.165, 1.54) is 6.07 Å². The number of nitro groups is 1. The molecule has 1 fully saturated rings. The third-order valence-electron chi connectivity index (χ3n) is 4.04. The van der Waals surface area contributed by atoms with Gasteiger partial charge in [0, 0.05) is 44.0 Å². The summed E-state index contributed by atoms with van der Waals surface area (Å²) in [6, 6.07) is 6.15. The Bertz CT molecular complexity index is 568. The average molecular weight is 320 g/mol. The number of benzene rings is 1. The van der Waals surface area contributed by atoms with Gasteiger partial charge in [0.05, 0.1) is 11.0 Å². The van der Waals surface area contributed by atoms with Crippen LogP contribution in [-0.2, 0) is 4.79 Å². The van der Waals surface area contributed by atoms with Gasteiger partial charge in [0.1, 0.15) is 0 Å². The molecular weight excluding hydrogens is 296 g/mol. The lowest BCUT2D eigenvalue weighted by Gasteiger charge is -2.37. The molecule has 1 aliphatic rings. The second-order valence-electron chi connectivity index (χ2n) is 6.33. The Morgan fingerprint density at radius 1 is 1.30 bits per heavy atom. The van der Waals surface area contributed by atoms with Crippen LogP contribution in [0.1, 0.15) is 20.3 Å². The van der Waals surface area contributed by atoms with Crippen molar-refractivity contribution in [2.75, 3.05) is 31.1 Å². The molecule has 126 valence electrons. The molecular formula is C16H24N4O3. The zero-order valence-electron chi connectivity index (χ0n) is 13.6. The molecule has 0 aliphatic carbocycles. The average Bonchev–Trinajstić information content (AvgIpc) is 2.53. The quantitative estimate of drug-likeness (QED) is 0.657. The predicted octanol–water partition coefficient (Wildman–Crippen LogP) is 1.62. The maximum atomic E-state index is 12.3. The van der Waals surface area contributed by atoms with Gasteiger partial charge in [-0.25, -0.2) is 0 Å². The van der Waals surface area contributed by atoms with Gasteiger partial charge in [0.25, 0.3) is 5.69 Å². The van der Waals surface area contributed by atoms with Gasteiger partial charge in [-0.3, -0.25) is 14.9 Å². The molecule has 1 aliphatic heterocycles. The van der Waals surface area contributed by atoms with Crippen LogP contribution in [0.15, 0.2) is 24.3 Å². The minimum absolute atomic E-state index is 0.00241. The van der Waals surface area contributed by atoms with E-state index < -0.39 is 11.0 Å². The highest BCUT2D eigenvalue weighted by atomic mass is 16.6. The molecule has 23 heavy (non-hydrogen) atoms.